The van der Waals surface area contributed by atoms with E-state index in [4.69, 9.17) is 10.3 Å². The summed E-state index contributed by atoms with van der Waals surface area (Å²) in [6.07, 6.45) is 6.59. The van der Waals surface area contributed by atoms with Gasteiger partial charge in [-0.2, -0.15) is 0 Å². The molecule has 0 aromatic carbocycles. The molecule has 1 heterocycles. The van der Waals surface area contributed by atoms with Crippen molar-refractivity contribution in [1.82, 2.24) is 15.8 Å². The molecular weight excluding hydrogens is 320 g/mol. The molecule has 1 atom stereocenters. The van der Waals surface area contributed by atoms with Crippen LogP contribution in [0.4, 0.5) is 0 Å². The van der Waals surface area contributed by atoms with Crippen LogP contribution < -0.4 is 16.4 Å². The first-order chi connectivity index (χ1) is 11.9. The largest absolute Gasteiger partial charge is 0.360 e. The molecule has 4 rings (SSSR count). The van der Waals surface area contributed by atoms with E-state index in [0.29, 0.717) is 23.4 Å². The maximum absolute atomic E-state index is 12.2. The molecule has 0 unspecified atom stereocenters. The topological polar surface area (TPSA) is 110 Å². The molecule has 1 spiro atoms. The number of carbonyl (C=O) groups is 2. The predicted octanol–water partition coefficient (Wildman–Crippen LogP) is 1.45. The Balaban J connectivity index is 1.18. The van der Waals surface area contributed by atoms with E-state index in [0.717, 1.165) is 44.3 Å². The lowest BCUT2D eigenvalue weighted by atomic mass is 9.52. The van der Waals surface area contributed by atoms with E-state index in [1.807, 2.05) is 6.92 Å². The molecule has 3 aliphatic rings. The second-order valence-corrected chi connectivity index (χ2v) is 8.32. The van der Waals surface area contributed by atoms with Gasteiger partial charge in [0.2, 0.25) is 5.91 Å². The zero-order valence-corrected chi connectivity index (χ0v) is 14.6. The van der Waals surface area contributed by atoms with E-state index in [2.05, 4.69) is 15.8 Å². The highest BCUT2D eigenvalue weighted by Gasteiger charge is 2.53. The summed E-state index contributed by atoms with van der Waals surface area (Å²) in [5.41, 5.74) is 6.33. The molecule has 4 N–H and O–H groups in total. The van der Waals surface area contributed by atoms with Gasteiger partial charge in [-0.25, -0.2) is 0 Å². The summed E-state index contributed by atoms with van der Waals surface area (Å²) >= 11 is 0. The summed E-state index contributed by atoms with van der Waals surface area (Å²) < 4.78 is 5.23. The SMILES string of the molecule is C[C@@H](N)CC(=O)NC1CC2(C1)CC(NC(=O)c1cc(C3CC3)on1)C2. The van der Waals surface area contributed by atoms with Crippen LogP contribution in [0.2, 0.25) is 0 Å². The Hall–Kier alpha value is -1.89. The van der Waals surface area contributed by atoms with Gasteiger partial charge in [0.1, 0.15) is 5.76 Å². The van der Waals surface area contributed by atoms with Crippen molar-refractivity contribution in [2.75, 3.05) is 0 Å². The molecule has 2 amide bonds. The van der Waals surface area contributed by atoms with Crippen LogP contribution in [-0.2, 0) is 4.79 Å². The molecule has 0 saturated heterocycles. The zero-order valence-electron chi connectivity index (χ0n) is 14.6. The van der Waals surface area contributed by atoms with E-state index >= 15 is 0 Å². The van der Waals surface area contributed by atoms with E-state index < -0.39 is 0 Å². The third-order valence-electron chi connectivity index (χ3n) is 5.67. The first-order valence-corrected chi connectivity index (χ1v) is 9.25. The third kappa shape index (κ3) is 3.56. The number of amides is 2. The number of hydrogen-bond donors (Lipinski definition) is 3. The van der Waals surface area contributed by atoms with Crippen molar-refractivity contribution in [3.8, 4) is 0 Å². The van der Waals surface area contributed by atoms with Crippen LogP contribution in [0, 0.1) is 5.41 Å². The van der Waals surface area contributed by atoms with Gasteiger partial charge in [-0.3, -0.25) is 9.59 Å². The van der Waals surface area contributed by atoms with Crippen LogP contribution in [0.5, 0.6) is 0 Å². The first kappa shape index (κ1) is 16.6. The molecule has 25 heavy (non-hydrogen) atoms. The average Bonchev–Trinajstić information content (AvgIpc) is 3.19. The number of aromatic nitrogens is 1. The highest BCUT2D eigenvalue weighted by Crippen LogP contribution is 2.56. The Labute approximate surface area is 147 Å². The lowest BCUT2D eigenvalue weighted by Crippen LogP contribution is -2.61. The van der Waals surface area contributed by atoms with Gasteiger partial charge in [-0.1, -0.05) is 5.16 Å². The molecular formula is C18H26N4O3. The van der Waals surface area contributed by atoms with Crippen molar-refractivity contribution in [2.45, 2.75) is 75.9 Å². The van der Waals surface area contributed by atoms with Crippen molar-refractivity contribution in [1.29, 1.82) is 0 Å². The Bertz CT molecular complexity index is 666. The molecule has 0 aliphatic heterocycles. The fourth-order valence-electron chi connectivity index (χ4n) is 4.30. The molecule has 3 aliphatic carbocycles. The summed E-state index contributed by atoms with van der Waals surface area (Å²) in [5, 5.41) is 9.97. The van der Waals surface area contributed by atoms with Crippen LogP contribution >= 0.6 is 0 Å². The Morgan fingerprint density at radius 2 is 1.92 bits per heavy atom. The lowest BCUT2D eigenvalue weighted by Gasteiger charge is -2.57. The van der Waals surface area contributed by atoms with Gasteiger partial charge in [0.15, 0.2) is 5.69 Å². The Morgan fingerprint density at radius 3 is 2.52 bits per heavy atom. The number of nitrogens with zero attached hydrogens (tertiary/aromatic N) is 1. The van der Waals surface area contributed by atoms with Crippen molar-refractivity contribution >= 4 is 11.8 Å². The van der Waals surface area contributed by atoms with Gasteiger partial charge in [-0.15, -0.1) is 0 Å². The summed E-state index contributed by atoms with van der Waals surface area (Å²) in [4.78, 5) is 24.0. The molecule has 3 saturated carbocycles. The number of rotatable bonds is 6. The van der Waals surface area contributed by atoms with E-state index in [1.165, 1.54) is 0 Å². The number of nitrogens with one attached hydrogen (secondary N) is 2. The van der Waals surface area contributed by atoms with Gasteiger partial charge in [0.25, 0.3) is 5.91 Å². The van der Waals surface area contributed by atoms with Crippen LogP contribution in [0.3, 0.4) is 0 Å². The van der Waals surface area contributed by atoms with Gasteiger partial charge >= 0.3 is 0 Å². The van der Waals surface area contributed by atoms with Crippen LogP contribution in [0.1, 0.15) is 74.0 Å². The summed E-state index contributed by atoms with van der Waals surface area (Å²) in [7, 11) is 0. The second-order valence-electron chi connectivity index (χ2n) is 8.32. The zero-order chi connectivity index (χ0) is 17.6. The monoisotopic (exact) mass is 346 g/mol. The third-order valence-corrected chi connectivity index (χ3v) is 5.67. The van der Waals surface area contributed by atoms with Crippen LogP contribution in [0.25, 0.3) is 0 Å². The van der Waals surface area contributed by atoms with Crippen molar-refractivity contribution in [2.24, 2.45) is 11.1 Å². The quantitative estimate of drug-likeness (QED) is 0.722. The number of carbonyl (C=O) groups excluding carboxylic acids is 2. The minimum absolute atomic E-state index is 0.0384. The molecule has 3 fully saturated rings. The fraction of sp³-hybridized carbons (Fsp3) is 0.722. The highest BCUT2D eigenvalue weighted by atomic mass is 16.5. The molecule has 1 aromatic rings. The summed E-state index contributed by atoms with van der Waals surface area (Å²) in [6.45, 7) is 1.84. The standard InChI is InChI=1S/C18H26N4O3/c1-10(19)4-16(23)20-12-6-18(7-12)8-13(9-18)21-17(24)14-5-15(25-22-14)11-2-3-11/h5,10-13H,2-4,6-9,19H2,1H3,(H,20,23)(H,21,24)/t10-,12?,13?,18?/m1/s1. The minimum atomic E-state index is -0.142. The van der Waals surface area contributed by atoms with Gasteiger partial charge in [-0.05, 0) is 50.9 Å². The lowest BCUT2D eigenvalue weighted by molar-refractivity contribution is -0.125. The molecule has 1 aromatic heterocycles. The first-order valence-electron chi connectivity index (χ1n) is 9.25. The Kier molecular flexibility index (Phi) is 4.06. The average molecular weight is 346 g/mol. The number of nitrogens with two attached hydrogens (primary N) is 1. The molecule has 0 bridgehead atoms. The fourth-order valence-corrected chi connectivity index (χ4v) is 4.30. The normalized spacial score (nSPS) is 31.8. The maximum Gasteiger partial charge on any atom is 0.273 e. The van der Waals surface area contributed by atoms with E-state index in [-0.39, 0.29) is 29.9 Å². The molecule has 7 nitrogen and oxygen atoms in total. The van der Waals surface area contributed by atoms with Crippen molar-refractivity contribution in [3.05, 3.63) is 17.5 Å². The molecule has 136 valence electrons. The maximum atomic E-state index is 12.2. The van der Waals surface area contributed by atoms with Gasteiger partial charge in [0.05, 0.1) is 0 Å². The second kappa shape index (κ2) is 6.12. The minimum Gasteiger partial charge on any atom is -0.360 e. The highest BCUT2D eigenvalue weighted by molar-refractivity contribution is 5.92. The van der Waals surface area contributed by atoms with Gasteiger partial charge < -0.3 is 20.9 Å². The van der Waals surface area contributed by atoms with Crippen molar-refractivity contribution < 1.29 is 14.1 Å². The number of hydrogen-bond acceptors (Lipinski definition) is 5. The van der Waals surface area contributed by atoms with Crippen LogP contribution in [-0.4, -0.2) is 35.1 Å². The van der Waals surface area contributed by atoms with Crippen molar-refractivity contribution in [3.63, 3.8) is 0 Å². The smallest absolute Gasteiger partial charge is 0.273 e. The summed E-state index contributed by atoms with van der Waals surface area (Å²) in [5.74, 6) is 1.19. The molecule has 7 heteroatoms. The predicted molar refractivity (Wildman–Crippen MR) is 90.8 cm³/mol. The summed E-state index contributed by atoms with van der Waals surface area (Å²) in [6, 6.07) is 2.14. The van der Waals surface area contributed by atoms with E-state index in [1.54, 1.807) is 6.07 Å². The molecule has 0 radical (unpaired) electrons. The Morgan fingerprint density at radius 1 is 1.28 bits per heavy atom. The van der Waals surface area contributed by atoms with Crippen LogP contribution in [0.15, 0.2) is 10.6 Å². The van der Waals surface area contributed by atoms with Gasteiger partial charge in [0, 0.05) is 36.5 Å². The van der Waals surface area contributed by atoms with E-state index in [9.17, 15) is 9.59 Å².